The summed E-state index contributed by atoms with van der Waals surface area (Å²) in [7, 11) is 0. The predicted molar refractivity (Wildman–Crippen MR) is 82.1 cm³/mol. The predicted octanol–water partition coefficient (Wildman–Crippen LogP) is 3.81. The van der Waals surface area contributed by atoms with E-state index < -0.39 is 0 Å². The van der Waals surface area contributed by atoms with Crippen molar-refractivity contribution in [1.82, 2.24) is 0 Å². The topological polar surface area (TPSA) is 20.3 Å². The van der Waals surface area contributed by atoms with Crippen LogP contribution in [0.15, 0.2) is 53.4 Å². The number of carbonyl (C=O) groups excluding carboxylic acids is 1. The van der Waals surface area contributed by atoms with E-state index in [2.05, 4.69) is 36.4 Å². The van der Waals surface area contributed by atoms with Crippen LogP contribution in [0.2, 0.25) is 0 Å². The molecular formula is C17H15NOS. The summed E-state index contributed by atoms with van der Waals surface area (Å²) in [6.07, 6.45) is 0.960. The Morgan fingerprint density at radius 1 is 1.15 bits per heavy atom. The fourth-order valence-electron chi connectivity index (χ4n) is 3.38. The molecule has 2 unspecified atom stereocenters. The SMILES string of the molecule is CC(=O)N1c2ccccc2SC2c3ccccc3CC21. The molecule has 3 heteroatoms. The van der Waals surface area contributed by atoms with Crippen molar-refractivity contribution in [2.75, 3.05) is 4.90 Å². The van der Waals surface area contributed by atoms with Crippen LogP contribution in [0.5, 0.6) is 0 Å². The molecule has 2 aliphatic rings. The Bertz CT molecular complexity index is 697. The average molecular weight is 281 g/mol. The standard InChI is InChI=1S/C17H15NOS/c1-11(19)18-14-8-4-5-9-16(14)20-17-13-7-3-2-6-12(13)10-15(17)18/h2-9,15,17H,10H2,1H3. The number of anilines is 1. The second-order valence-corrected chi connectivity index (χ2v) is 6.55. The van der Waals surface area contributed by atoms with Gasteiger partial charge >= 0.3 is 0 Å². The third-order valence-corrected chi connectivity index (χ3v) is 5.61. The van der Waals surface area contributed by atoms with Crippen LogP contribution < -0.4 is 4.90 Å². The molecule has 1 aliphatic carbocycles. The monoisotopic (exact) mass is 281 g/mol. The summed E-state index contributed by atoms with van der Waals surface area (Å²) in [5, 5.41) is 0.366. The van der Waals surface area contributed by atoms with Crippen molar-refractivity contribution >= 4 is 23.4 Å². The highest BCUT2D eigenvalue weighted by atomic mass is 32.2. The molecule has 4 rings (SSSR count). The van der Waals surface area contributed by atoms with Gasteiger partial charge in [-0.2, -0.15) is 0 Å². The molecule has 1 heterocycles. The van der Waals surface area contributed by atoms with E-state index in [1.54, 1.807) is 6.92 Å². The zero-order chi connectivity index (χ0) is 13.7. The van der Waals surface area contributed by atoms with Gasteiger partial charge in [0.05, 0.1) is 17.0 Å². The Hall–Kier alpha value is -1.74. The number of thioether (sulfide) groups is 1. The summed E-state index contributed by atoms with van der Waals surface area (Å²) < 4.78 is 0. The highest BCUT2D eigenvalue weighted by molar-refractivity contribution is 7.99. The first-order valence-electron chi connectivity index (χ1n) is 6.89. The van der Waals surface area contributed by atoms with Crippen molar-refractivity contribution < 1.29 is 4.79 Å². The van der Waals surface area contributed by atoms with Gasteiger partial charge in [-0.15, -0.1) is 11.8 Å². The van der Waals surface area contributed by atoms with E-state index in [-0.39, 0.29) is 11.9 Å². The fourth-order valence-corrected chi connectivity index (χ4v) is 4.83. The summed E-state index contributed by atoms with van der Waals surface area (Å²) >= 11 is 1.90. The second kappa shape index (κ2) is 4.38. The summed E-state index contributed by atoms with van der Waals surface area (Å²) in [4.78, 5) is 15.4. The number of para-hydroxylation sites is 1. The second-order valence-electron chi connectivity index (χ2n) is 5.37. The van der Waals surface area contributed by atoms with Crippen molar-refractivity contribution in [1.29, 1.82) is 0 Å². The minimum absolute atomic E-state index is 0.139. The smallest absolute Gasteiger partial charge is 0.224 e. The molecule has 2 aromatic rings. The van der Waals surface area contributed by atoms with Crippen molar-refractivity contribution in [3.8, 4) is 0 Å². The van der Waals surface area contributed by atoms with Crippen molar-refractivity contribution in [2.24, 2.45) is 0 Å². The van der Waals surface area contributed by atoms with Gasteiger partial charge in [-0.1, -0.05) is 36.4 Å². The largest absolute Gasteiger partial charge is 0.307 e. The first-order chi connectivity index (χ1) is 9.75. The van der Waals surface area contributed by atoms with Gasteiger partial charge in [-0.3, -0.25) is 4.79 Å². The number of nitrogens with zero attached hydrogens (tertiary/aromatic N) is 1. The number of hydrogen-bond donors (Lipinski definition) is 0. The molecular weight excluding hydrogens is 266 g/mol. The zero-order valence-electron chi connectivity index (χ0n) is 11.2. The van der Waals surface area contributed by atoms with Gasteiger partial charge in [0.1, 0.15) is 0 Å². The molecule has 0 spiro atoms. The first-order valence-corrected chi connectivity index (χ1v) is 7.77. The highest BCUT2D eigenvalue weighted by Gasteiger charge is 2.42. The van der Waals surface area contributed by atoms with Crippen LogP contribution >= 0.6 is 11.8 Å². The van der Waals surface area contributed by atoms with Crippen LogP contribution in [0.4, 0.5) is 5.69 Å². The van der Waals surface area contributed by atoms with E-state index in [1.165, 1.54) is 16.0 Å². The molecule has 0 saturated heterocycles. The quantitative estimate of drug-likeness (QED) is 0.732. The maximum atomic E-state index is 12.2. The van der Waals surface area contributed by atoms with Crippen LogP contribution in [0, 0.1) is 0 Å². The van der Waals surface area contributed by atoms with E-state index in [4.69, 9.17) is 0 Å². The molecule has 1 amide bonds. The van der Waals surface area contributed by atoms with E-state index in [0.29, 0.717) is 5.25 Å². The van der Waals surface area contributed by atoms with E-state index in [9.17, 15) is 4.79 Å². The van der Waals surface area contributed by atoms with Crippen LogP contribution in [0.3, 0.4) is 0 Å². The molecule has 20 heavy (non-hydrogen) atoms. The van der Waals surface area contributed by atoms with Crippen LogP contribution in [0.1, 0.15) is 23.3 Å². The van der Waals surface area contributed by atoms with Crippen molar-refractivity contribution in [3.63, 3.8) is 0 Å². The highest BCUT2D eigenvalue weighted by Crippen LogP contribution is 2.53. The minimum Gasteiger partial charge on any atom is -0.307 e. The average Bonchev–Trinajstić information content (AvgIpc) is 2.82. The summed E-state index contributed by atoms with van der Waals surface area (Å²) in [5.74, 6) is 0.139. The van der Waals surface area contributed by atoms with Gasteiger partial charge < -0.3 is 4.90 Å². The number of benzene rings is 2. The first kappa shape index (κ1) is 12.0. The van der Waals surface area contributed by atoms with Crippen molar-refractivity contribution in [2.45, 2.75) is 29.5 Å². The zero-order valence-corrected chi connectivity index (χ0v) is 12.1. The van der Waals surface area contributed by atoms with Gasteiger partial charge in [-0.05, 0) is 29.7 Å². The van der Waals surface area contributed by atoms with Gasteiger partial charge in [0.15, 0.2) is 0 Å². The van der Waals surface area contributed by atoms with Gasteiger partial charge in [-0.25, -0.2) is 0 Å². The molecule has 0 radical (unpaired) electrons. The number of carbonyl (C=O) groups is 1. The Labute approximate surface area is 122 Å². The Kier molecular flexibility index (Phi) is 2.64. The van der Waals surface area contributed by atoms with Gasteiger partial charge in [0.2, 0.25) is 5.91 Å². The fraction of sp³-hybridized carbons (Fsp3) is 0.235. The lowest BCUT2D eigenvalue weighted by molar-refractivity contribution is -0.117. The van der Waals surface area contributed by atoms with Crippen molar-refractivity contribution in [3.05, 3.63) is 59.7 Å². The maximum Gasteiger partial charge on any atom is 0.224 e. The third-order valence-electron chi connectivity index (χ3n) is 4.19. The Balaban J connectivity index is 1.87. The van der Waals surface area contributed by atoms with Gasteiger partial charge in [0, 0.05) is 11.8 Å². The normalized spacial score (nSPS) is 22.9. The minimum atomic E-state index is 0.139. The molecule has 1 aliphatic heterocycles. The Morgan fingerprint density at radius 3 is 2.75 bits per heavy atom. The summed E-state index contributed by atoms with van der Waals surface area (Å²) in [6.45, 7) is 1.67. The molecule has 0 aromatic heterocycles. The number of amides is 1. The lowest BCUT2D eigenvalue weighted by Gasteiger charge is -2.38. The van der Waals surface area contributed by atoms with Crippen LogP contribution in [-0.2, 0) is 11.2 Å². The molecule has 2 aromatic carbocycles. The molecule has 0 bridgehead atoms. The summed E-state index contributed by atoms with van der Waals surface area (Å²) in [5.41, 5.74) is 3.84. The van der Waals surface area contributed by atoms with E-state index in [1.807, 2.05) is 28.8 Å². The molecule has 0 saturated carbocycles. The third kappa shape index (κ3) is 1.63. The maximum absolute atomic E-state index is 12.2. The summed E-state index contributed by atoms with van der Waals surface area (Å²) in [6, 6.07) is 17.1. The number of rotatable bonds is 0. The molecule has 2 nitrogen and oxygen atoms in total. The lowest BCUT2D eigenvalue weighted by atomic mass is 10.1. The number of fused-ring (bicyclic) bond motifs is 4. The van der Waals surface area contributed by atoms with Crippen LogP contribution in [-0.4, -0.2) is 11.9 Å². The lowest BCUT2D eigenvalue weighted by Crippen LogP contribution is -2.43. The van der Waals surface area contributed by atoms with E-state index >= 15 is 0 Å². The van der Waals surface area contributed by atoms with Gasteiger partial charge in [0.25, 0.3) is 0 Å². The number of hydrogen-bond acceptors (Lipinski definition) is 2. The molecule has 2 atom stereocenters. The molecule has 0 N–H and O–H groups in total. The Morgan fingerprint density at radius 2 is 1.90 bits per heavy atom. The van der Waals surface area contributed by atoms with Crippen LogP contribution in [0.25, 0.3) is 0 Å². The van der Waals surface area contributed by atoms with E-state index in [0.717, 1.165) is 12.1 Å². The molecule has 100 valence electrons. The molecule has 0 fully saturated rings.